The zero-order chi connectivity index (χ0) is 15.2. The highest BCUT2D eigenvalue weighted by atomic mass is 16.5. The summed E-state index contributed by atoms with van der Waals surface area (Å²) < 4.78 is 5.39. The van der Waals surface area contributed by atoms with Crippen LogP contribution in [0.4, 0.5) is 5.69 Å². The van der Waals surface area contributed by atoms with Gasteiger partial charge in [-0.2, -0.15) is 0 Å². The third-order valence-electron chi connectivity index (χ3n) is 4.33. The van der Waals surface area contributed by atoms with Crippen molar-refractivity contribution in [3.8, 4) is 5.75 Å². The number of nitrogens with one attached hydrogen (secondary N) is 1. The minimum absolute atomic E-state index is 0.0373. The Morgan fingerprint density at radius 3 is 2.57 bits per heavy atom. The summed E-state index contributed by atoms with van der Waals surface area (Å²) in [7, 11) is 0. The maximum atomic E-state index is 12.3. The molecule has 0 radical (unpaired) electrons. The minimum atomic E-state index is -0.0373. The molecule has 0 bridgehead atoms. The van der Waals surface area contributed by atoms with E-state index in [0.29, 0.717) is 29.6 Å². The molecule has 21 heavy (non-hydrogen) atoms. The molecule has 1 aliphatic rings. The second-order valence-electron chi connectivity index (χ2n) is 5.78. The van der Waals surface area contributed by atoms with Crippen molar-refractivity contribution in [2.45, 2.75) is 52.0 Å². The number of nitrogen functional groups attached to an aromatic ring is 1. The van der Waals surface area contributed by atoms with Gasteiger partial charge in [0.05, 0.1) is 12.3 Å². The van der Waals surface area contributed by atoms with Crippen LogP contribution in [-0.2, 0) is 0 Å². The van der Waals surface area contributed by atoms with Crippen LogP contribution in [0.15, 0.2) is 18.2 Å². The molecule has 0 aliphatic heterocycles. The molecule has 1 amide bonds. The Morgan fingerprint density at radius 1 is 1.29 bits per heavy atom. The molecule has 3 N–H and O–H groups in total. The molecule has 0 spiro atoms. The van der Waals surface area contributed by atoms with Crippen molar-refractivity contribution in [1.29, 1.82) is 0 Å². The fourth-order valence-electron chi connectivity index (χ4n) is 2.96. The quantitative estimate of drug-likeness (QED) is 0.817. The number of hydrogen-bond acceptors (Lipinski definition) is 3. The van der Waals surface area contributed by atoms with Crippen molar-refractivity contribution in [2.75, 3.05) is 12.3 Å². The van der Waals surface area contributed by atoms with E-state index in [9.17, 15) is 4.79 Å². The third-order valence-corrected chi connectivity index (χ3v) is 4.33. The summed E-state index contributed by atoms with van der Waals surface area (Å²) in [6.45, 7) is 4.72. The average molecular weight is 290 g/mol. The number of rotatable bonds is 5. The lowest BCUT2D eigenvalue weighted by Crippen LogP contribution is -2.37. The number of carbonyl (C=O) groups is 1. The third kappa shape index (κ3) is 4.13. The summed E-state index contributed by atoms with van der Waals surface area (Å²) in [5.74, 6) is 1.43. The molecule has 0 aromatic heterocycles. The van der Waals surface area contributed by atoms with Gasteiger partial charge >= 0.3 is 0 Å². The molecule has 1 saturated carbocycles. The molecule has 4 nitrogen and oxygen atoms in total. The van der Waals surface area contributed by atoms with Gasteiger partial charge in [-0.25, -0.2) is 0 Å². The predicted octanol–water partition coefficient (Wildman–Crippen LogP) is 3.37. The van der Waals surface area contributed by atoms with Crippen LogP contribution in [-0.4, -0.2) is 18.6 Å². The lowest BCUT2D eigenvalue weighted by molar-refractivity contribution is 0.0921. The first-order valence-electron chi connectivity index (χ1n) is 7.97. The van der Waals surface area contributed by atoms with Gasteiger partial charge in [0, 0.05) is 11.6 Å². The standard InChI is InChI=1S/C17H26N2O2/c1-3-12-5-8-14(9-6-12)19-17(20)13-7-10-16(21-4-2)15(18)11-13/h7,10-12,14H,3-6,8-9,18H2,1-2H3,(H,19,20). The van der Waals surface area contributed by atoms with Crippen LogP contribution in [0.3, 0.4) is 0 Å². The molecule has 4 heteroatoms. The number of benzene rings is 1. The Balaban J connectivity index is 1.93. The summed E-state index contributed by atoms with van der Waals surface area (Å²) in [6, 6.07) is 5.53. The number of ether oxygens (including phenoxy) is 1. The second kappa shape index (κ2) is 7.34. The van der Waals surface area contributed by atoms with Gasteiger partial charge in [-0.05, 0) is 56.7 Å². The summed E-state index contributed by atoms with van der Waals surface area (Å²) in [6.07, 6.45) is 5.84. The van der Waals surface area contributed by atoms with Crippen molar-refractivity contribution in [3.63, 3.8) is 0 Å². The van der Waals surface area contributed by atoms with Crippen molar-refractivity contribution < 1.29 is 9.53 Å². The maximum Gasteiger partial charge on any atom is 0.251 e. The normalized spacial score (nSPS) is 21.8. The molecule has 1 aromatic carbocycles. The number of hydrogen-bond donors (Lipinski definition) is 2. The topological polar surface area (TPSA) is 64.3 Å². The monoisotopic (exact) mass is 290 g/mol. The lowest BCUT2D eigenvalue weighted by Gasteiger charge is -2.28. The fraction of sp³-hybridized carbons (Fsp3) is 0.588. The van der Waals surface area contributed by atoms with Crippen molar-refractivity contribution in [2.24, 2.45) is 5.92 Å². The predicted molar refractivity (Wildman–Crippen MR) is 85.5 cm³/mol. The van der Waals surface area contributed by atoms with Gasteiger partial charge in [-0.15, -0.1) is 0 Å². The van der Waals surface area contributed by atoms with Crippen LogP contribution >= 0.6 is 0 Å². The molecule has 1 aliphatic carbocycles. The molecule has 116 valence electrons. The van der Waals surface area contributed by atoms with Crippen LogP contribution in [0.2, 0.25) is 0 Å². The first-order valence-corrected chi connectivity index (χ1v) is 7.97. The zero-order valence-corrected chi connectivity index (χ0v) is 13.0. The Kier molecular flexibility index (Phi) is 5.48. The van der Waals surface area contributed by atoms with Gasteiger partial charge in [0.2, 0.25) is 0 Å². The van der Waals surface area contributed by atoms with Gasteiger partial charge < -0.3 is 15.8 Å². The summed E-state index contributed by atoms with van der Waals surface area (Å²) in [5.41, 5.74) is 7.03. The van der Waals surface area contributed by atoms with E-state index >= 15 is 0 Å². The van der Waals surface area contributed by atoms with Crippen LogP contribution in [0, 0.1) is 5.92 Å². The second-order valence-corrected chi connectivity index (χ2v) is 5.78. The van der Waals surface area contributed by atoms with E-state index in [0.717, 1.165) is 18.8 Å². The Bertz CT molecular complexity index is 480. The molecule has 0 unspecified atom stereocenters. The molecule has 0 heterocycles. The van der Waals surface area contributed by atoms with Crippen LogP contribution in [0.1, 0.15) is 56.3 Å². The van der Waals surface area contributed by atoms with Gasteiger partial charge in [0.1, 0.15) is 5.75 Å². The van der Waals surface area contributed by atoms with Gasteiger partial charge in [0.15, 0.2) is 0 Å². The summed E-state index contributed by atoms with van der Waals surface area (Å²) in [4.78, 5) is 12.3. The largest absolute Gasteiger partial charge is 0.492 e. The zero-order valence-electron chi connectivity index (χ0n) is 13.0. The van der Waals surface area contributed by atoms with Gasteiger partial charge in [-0.1, -0.05) is 13.3 Å². The molecular formula is C17H26N2O2. The van der Waals surface area contributed by atoms with Crippen molar-refractivity contribution in [3.05, 3.63) is 23.8 Å². The maximum absolute atomic E-state index is 12.3. The summed E-state index contributed by atoms with van der Waals surface area (Å²) in [5, 5.41) is 3.12. The van der Waals surface area contributed by atoms with Gasteiger partial charge in [-0.3, -0.25) is 4.79 Å². The molecule has 1 aromatic rings. The van der Waals surface area contributed by atoms with E-state index in [1.807, 2.05) is 6.92 Å². The first-order chi connectivity index (χ1) is 10.1. The van der Waals surface area contributed by atoms with E-state index < -0.39 is 0 Å². The number of amides is 1. The number of nitrogens with two attached hydrogens (primary N) is 1. The fourth-order valence-corrected chi connectivity index (χ4v) is 2.96. The van der Waals surface area contributed by atoms with Crippen molar-refractivity contribution in [1.82, 2.24) is 5.32 Å². The Morgan fingerprint density at radius 2 is 2.00 bits per heavy atom. The van der Waals surface area contributed by atoms with Crippen LogP contribution < -0.4 is 15.8 Å². The highest BCUT2D eigenvalue weighted by Gasteiger charge is 2.21. The van der Waals surface area contributed by atoms with Crippen molar-refractivity contribution >= 4 is 11.6 Å². The Hall–Kier alpha value is -1.71. The van der Waals surface area contributed by atoms with Crippen LogP contribution in [0.5, 0.6) is 5.75 Å². The molecule has 0 atom stereocenters. The SMILES string of the molecule is CCOc1ccc(C(=O)NC2CCC(CC)CC2)cc1N. The highest BCUT2D eigenvalue weighted by Crippen LogP contribution is 2.27. The number of carbonyl (C=O) groups excluding carboxylic acids is 1. The van der Waals surface area contributed by atoms with Crippen LogP contribution in [0.25, 0.3) is 0 Å². The molecule has 0 saturated heterocycles. The molecular weight excluding hydrogens is 264 g/mol. The average Bonchev–Trinajstić information content (AvgIpc) is 2.50. The molecule has 2 rings (SSSR count). The van der Waals surface area contributed by atoms with E-state index in [1.165, 1.54) is 19.3 Å². The van der Waals surface area contributed by atoms with Gasteiger partial charge in [0.25, 0.3) is 5.91 Å². The lowest BCUT2D eigenvalue weighted by atomic mass is 9.84. The molecule has 1 fully saturated rings. The Labute approximate surface area is 127 Å². The van der Waals surface area contributed by atoms with E-state index in [4.69, 9.17) is 10.5 Å². The minimum Gasteiger partial charge on any atom is -0.492 e. The highest BCUT2D eigenvalue weighted by molar-refractivity contribution is 5.95. The smallest absolute Gasteiger partial charge is 0.251 e. The van der Waals surface area contributed by atoms with E-state index in [1.54, 1.807) is 18.2 Å². The van der Waals surface area contributed by atoms with E-state index in [2.05, 4.69) is 12.2 Å². The first kappa shape index (κ1) is 15.7. The number of anilines is 1. The summed E-state index contributed by atoms with van der Waals surface area (Å²) >= 11 is 0. The van der Waals surface area contributed by atoms with E-state index in [-0.39, 0.29) is 5.91 Å².